The van der Waals surface area contributed by atoms with Crippen molar-refractivity contribution in [3.63, 3.8) is 0 Å². The van der Waals surface area contributed by atoms with Gasteiger partial charge < -0.3 is 10.1 Å². The smallest absolute Gasteiger partial charge is 0.164 e. The van der Waals surface area contributed by atoms with E-state index in [1.807, 2.05) is 59.1 Å². The third kappa shape index (κ3) is 7.00. The normalized spacial score (nSPS) is 16.0. The van der Waals surface area contributed by atoms with Crippen molar-refractivity contribution in [1.29, 1.82) is 0 Å². The summed E-state index contributed by atoms with van der Waals surface area (Å²) in [6.45, 7) is 25.3. The van der Waals surface area contributed by atoms with Gasteiger partial charge in [-0.15, -0.1) is 34.6 Å². The number of aliphatic hydroxyl groups is 1. The van der Waals surface area contributed by atoms with Gasteiger partial charge in [-0.25, -0.2) is 0 Å². The molecule has 3 nitrogen and oxygen atoms in total. The fourth-order valence-corrected chi connectivity index (χ4v) is 7.96. The first kappa shape index (κ1) is 37.0. The minimum absolute atomic E-state index is 0. The zero-order chi connectivity index (χ0) is 34.0. The van der Waals surface area contributed by atoms with Gasteiger partial charge in [-0.05, 0) is 64.8 Å². The minimum Gasteiger partial charge on any atom is -0.512 e. The van der Waals surface area contributed by atoms with Crippen molar-refractivity contribution in [2.45, 2.75) is 107 Å². The number of aryl methyl sites for hydroxylation is 2. The molecule has 0 bridgehead atoms. The Morgan fingerprint density at radius 1 is 0.915 bits per heavy atom. The quantitative estimate of drug-likeness (QED) is 0.110. The van der Waals surface area contributed by atoms with Crippen LogP contribution in [0.5, 0.6) is 0 Å². The number of aromatic nitrogens is 1. The van der Waals surface area contributed by atoms with Crippen molar-refractivity contribution in [3.8, 4) is 11.3 Å². The average Bonchev–Trinajstić information content (AvgIpc) is 3.35. The Kier molecular flexibility index (Phi) is 10.1. The van der Waals surface area contributed by atoms with E-state index in [2.05, 4.69) is 90.1 Å². The Morgan fingerprint density at radius 3 is 2.15 bits per heavy atom. The van der Waals surface area contributed by atoms with Gasteiger partial charge in [0.05, 0.1) is 0 Å². The molecule has 2 aromatic heterocycles. The molecule has 251 valence electrons. The molecule has 5 heteroatoms. The van der Waals surface area contributed by atoms with E-state index in [-0.39, 0.29) is 47.9 Å². The second-order valence-electron chi connectivity index (χ2n) is 16.5. The molecule has 0 aliphatic heterocycles. The maximum Gasteiger partial charge on any atom is 0.164 e. The third-order valence-electron chi connectivity index (χ3n) is 9.77. The van der Waals surface area contributed by atoms with Crippen LogP contribution in [-0.2, 0) is 35.7 Å². The average molecular weight is 825 g/mol. The maximum absolute atomic E-state index is 11.5. The molecule has 1 aliphatic rings. The number of carbonyl (C=O) groups is 1. The van der Waals surface area contributed by atoms with Gasteiger partial charge in [0.25, 0.3) is 0 Å². The van der Waals surface area contributed by atoms with Crippen LogP contribution in [0, 0.1) is 30.7 Å². The summed E-state index contributed by atoms with van der Waals surface area (Å²) >= 11 is 1.90. The fraction of sp³-hybridized carbons (Fsp3) is 0.429. The Bertz CT molecular complexity index is 2010. The van der Waals surface area contributed by atoms with Crippen molar-refractivity contribution in [3.05, 3.63) is 88.8 Å². The standard InChI is InChI=1S/C31H30NS.C11H20O2.Ir/c1-18-11-12-22(21-10-8-7-9-20(18)21)28-29-23(13-16-32-28)26-19(2)27-24(17-25(26)33-29)30(3,4)14-15-31(27,5)6;1-10(2,3)8(12)7-9(13)11(4,5)6;/h7-11,13,16-17H,14-15H2,1-6H3;7,12H,1-6H3;/q-1;;/b;8-7-;. The zero-order valence-electron chi connectivity index (χ0n) is 30.2. The predicted molar refractivity (Wildman–Crippen MR) is 198 cm³/mol. The molecule has 0 fully saturated rings. The van der Waals surface area contributed by atoms with E-state index in [9.17, 15) is 9.90 Å². The molecule has 1 aliphatic carbocycles. The van der Waals surface area contributed by atoms with E-state index in [1.54, 1.807) is 5.56 Å². The van der Waals surface area contributed by atoms with Crippen LogP contribution >= 0.6 is 11.3 Å². The molecule has 0 spiro atoms. The number of thiophene rings is 1. The maximum atomic E-state index is 11.5. The summed E-state index contributed by atoms with van der Waals surface area (Å²) in [5, 5.41) is 14.8. The van der Waals surface area contributed by atoms with Crippen LogP contribution in [0.2, 0.25) is 0 Å². The zero-order valence-corrected chi connectivity index (χ0v) is 33.4. The largest absolute Gasteiger partial charge is 0.512 e. The number of pyridine rings is 1. The second kappa shape index (κ2) is 12.9. The van der Waals surface area contributed by atoms with E-state index in [0.29, 0.717) is 0 Å². The number of carbonyl (C=O) groups excluding carboxylic acids is 1. The summed E-state index contributed by atoms with van der Waals surface area (Å²) in [6, 6.07) is 19.0. The van der Waals surface area contributed by atoms with Crippen LogP contribution in [0.25, 0.3) is 42.2 Å². The minimum atomic E-state index is -0.417. The van der Waals surface area contributed by atoms with Crippen LogP contribution in [0.1, 0.15) is 104 Å². The van der Waals surface area contributed by atoms with Crippen LogP contribution in [-0.4, -0.2) is 15.9 Å². The van der Waals surface area contributed by atoms with E-state index >= 15 is 0 Å². The number of hydrogen-bond donors (Lipinski definition) is 1. The van der Waals surface area contributed by atoms with Crippen molar-refractivity contribution in [2.24, 2.45) is 10.8 Å². The molecule has 1 radical (unpaired) electrons. The van der Waals surface area contributed by atoms with E-state index in [0.717, 1.165) is 11.3 Å². The molecular weight excluding hydrogens is 775 g/mol. The van der Waals surface area contributed by atoms with Crippen LogP contribution in [0.3, 0.4) is 0 Å². The van der Waals surface area contributed by atoms with Gasteiger partial charge in [-0.1, -0.05) is 111 Å². The van der Waals surface area contributed by atoms with Crippen molar-refractivity contribution >= 4 is 48.1 Å². The van der Waals surface area contributed by atoms with E-state index < -0.39 is 5.41 Å². The molecule has 0 atom stereocenters. The molecule has 6 rings (SSSR count). The molecule has 0 saturated heterocycles. The van der Waals surface area contributed by atoms with Gasteiger partial charge in [0, 0.05) is 63.7 Å². The van der Waals surface area contributed by atoms with Gasteiger partial charge in [-0.2, -0.15) is 0 Å². The molecule has 1 N–H and O–H groups in total. The van der Waals surface area contributed by atoms with Gasteiger partial charge in [-0.3, -0.25) is 4.79 Å². The summed E-state index contributed by atoms with van der Waals surface area (Å²) in [4.78, 5) is 16.4. The number of ketones is 1. The van der Waals surface area contributed by atoms with Crippen LogP contribution in [0.4, 0.5) is 0 Å². The first-order valence-corrected chi connectivity index (χ1v) is 17.3. The molecule has 0 saturated carbocycles. The molecule has 0 unspecified atom stereocenters. The van der Waals surface area contributed by atoms with Gasteiger partial charge in [0.15, 0.2) is 5.78 Å². The van der Waals surface area contributed by atoms with Gasteiger partial charge >= 0.3 is 0 Å². The number of allylic oxidation sites excluding steroid dienone is 2. The Labute approximate surface area is 299 Å². The fourth-order valence-electron chi connectivity index (χ4n) is 6.66. The third-order valence-corrected chi connectivity index (χ3v) is 10.9. The molecule has 47 heavy (non-hydrogen) atoms. The molecule has 2 heterocycles. The second-order valence-corrected chi connectivity index (χ2v) is 17.5. The first-order chi connectivity index (χ1) is 21.2. The number of nitrogens with zero attached hydrogens (tertiary/aromatic N) is 1. The van der Waals surface area contributed by atoms with Crippen molar-refractivity contribution in [2.75, 3.05) is 0 Å². The Hall–Kier alpha value is -2.85. The van der Waals surface area contributed by atoms with Gasteiger partial charge in [0.1, 0.15) is 5.76 Å². The van der Waals surface area contributed by atoms with Crippen molar-refractivity contribution < 1.29 is 30.0 Å². The van der Waals surface area contributed by atoms with Crippen LogP contribution < -0.4 is 0 Å². The summed E-state index contributed by atoms with van der Waals surface area (Å²) in [7, 11) is 0. The topological polar surface area (TPSA) is 50.2 Å². The number of benzene rings is 3. The predicted octanol–water partition coefficient (Wildman–Crippen LogP) is 12.1. The Morgan fingerprint density at radius 2 is 1.53 bits per heavy atom. The van der Waals surface area contributed by atoms with Gasteiger partial charge in [0.2, 0.25) is 0 Å². The van der Waals surface area contributed by atoms with E-state index in [1.165, 1.54) is 66.6 Å². The monoisotopic (exact) mass is 825 g/mol. The number of rotatable bonds is 2. The Balaban J connectivity index is 0.000000307. The molecular formula is C42H50IrNO2S-. The van der Waals surface area contributed by atoms with Crippen LogP contribution in [0.15, 0.2) is 60.5 Å². The number of hydrogen-bond acceptors (Lipinski definition) is 4. The summed E-state index contributed by atoms with van der Waals surface area (Å²) in [5.41, 5.74) is 7.63. The van der Waals surface area contributed by atoms with Crippen molar-refractivity contribution in [1.82, 2.24) is 4.98 Å². The first-order valence-electron chi connectivity index (χ1n) is 16.5. The molecule has 5 aromatic rings. The summed E-state index contributed by atoms with van der Waals surface area (Å²) in [5.74, 6) is 0.104. The number of fused-ring (bicyclic) bond motifs is 5. The SMILES string of the molecule is CC(C)(C)C(=O)/C=C(\O)C(C)(C)C.Cc1c[c-]c(-c2nccc3c2sc2cc4c(c(C)c23)C(C)(C)CCC4(C)C)c2ccccc12.[Ir]. The molecule has 0 amide bonds. The summed E-state index contributed by atoms with van der Waals surface area (Å²) < 4.78 is 2.66. The number of aliphatic hydroxyl groups excluding tert-OH is 1. The summed E-state index contributed by atoms with van der Waals surface area (Å²) in [6.07, 6.45) is 5.79. The van der Waals surface area contributed by atoms with E-state index in [4.69, 9.17) is 4.98 Å². The molecule has 3 aromatic carbocycles.